The quantitative estimate of drug-likeness (QED) is 0.812. The molecule has 0 atom stereocenters. The molecule has 2 amide bonds. The molecule has 132 valence electrons. The number of ether oxygens (including phenoxy) is 1. The summed E-state index contributed by atoms with van der Waals surface area (Å²) in [4.78, 5) is 25.3. The lowest BCUT2D eigenvalue weighted by atomic mass is 10.2. The number of amides is 2. The molecule has 2 aromatic rings. The molecule has 0 saturated heterocycles. The number of rotatable bonds is 7. The molecule has 0 aliphatic carbocycles. The Morgan fingerprint density at radius 2 is 1.56 bits per heavy atom. The van der Waals surface area contributed by atoms with Crippen molar-refractivity contribution in [3.05, 3.63) is 54.1 Å². The monoisotopic (exact) mass is 341 g/mol. The first kappa shape index (κ1) is 18.3. The first-order valence-corrected chi connectivity index (χ1v) is 8.08. The van der Waals surface area contributed by atoms with E-state index < -0.39 is 0 Å². The van der Waals surface area contributed by atoms with E-state index in [1.165, 1.54) is 4.90 Å². The van der Waals surface area contributed by atoms with Crippen molar-refractivity contribution in [2.75, 3.05) is 37.9 Å². The highest BCUT2D eigenvalue weighted by atomic mass is 16.5. The summed E-state index contributed by atoms with van der Waals surface area (Å²) >= 11 is 0. The van der Waals surface area contributed by atoms with E-state index >= 15 is 0 Å². The lowest BCUT2D eigenvalue weighted by Crippen LogP contribution is -2.22. The van der Waals surface area contributed by atoms with Crippen LogP contribution in [0.5, 0.6) is 5.75 Å². The third-order valence-electron chi connectivity index (χ3n) is 3.44. The maximum absolute atomic E-state index is 12.0. The second-order valence-corrected chi connectivity index (χ2v) is 5.64. The zero-order chi connectivity index (χ0) is 18.2. The lowest BCUT2D eigenvalue weighted by molar-refractivity contribution is -0.114. The van der Waals surface area contributed by atoms with Gasteiger partial charge >= 0.3 is 0 Å². The highest BCUT2D eigenvalue weighted by Crippen LogP contribution is 2.15. The van der Waals surface area contributed by atoms with E-state index in [0.717, 1.165) is 11.4 Å². The SMILES string of the molecule is CCOc1ccc(NCC(=O)Nc2ccc(C(=O)N(C)C)cc2)cc1. The largest absolute Gasteiger partial charge is 0.494 e. The predicted octanol–water partition coefficient (Wildman–Crippen LogP) is 2.84. The minimum atomic E-state index is -0.166. The van der Waals surface area contributed by atoms with Crippen LogP contribution in [-0.4, -0.2) is 44.0 Å². The molecule has 0 unspecified atom stereocenters. The van der Waals surface area contributed by atoms with Gasteiger partial charge in [0.05, 0.1) is 13.2 Å². The average Bonchev–Trinajstić information content (AvgIpc) is 2.61. The summed E-state index contributed by atoms with van der Waals surface area (Å²) in [6, 6.07) is 14.2. The fourth-order valence-electron chi connectivity index (χ4n) is 2.18. The summed E-state index contributed by atoms with van der Waals surface area (Å²) in [5.41, 5.74) is 2.06. The van der Waals surface area contributed by atoms with Gasteiger partial charge in [0, 0.05) is 31.0 Å². The Labute approximate surface area is 147 Å². The number of carbonyl (C=O) groups excluding carboxylic acids is 2. The van der Waals surface area contributed by atoms with Crippen LogP contribution in [0, 0.1) is 0 Å². The van der Waals surface area contributed by atoms with Gasteiger partial charge in [-0.3, -0.25) is 9.59 Å². The van der Waals surface area contributed by atoms with Gasteiger partial charge in [-0.2, -0.15) is 0 Å². The number of benzene rings is 2. The lowest BCUT2D eigenvalue weighted by Gasteiger charge is -2.11. The average molecular weight is 341 g/mol. The van der Waals surface area contributed by atoms with Crippen LogP contribution in [0.3, 0.4) is 0 Å². The first-order chi connectivity index (χ1) is 12.0. The molecule has 0 aromatic heterocycles. The summed E-state index contributed by atoms with van der Waals surface area (Å²) in [5.74, 6) is 0.556. The molecule has 6 nitrogen and oxygen atoms in total. The van der Waals surface area contributed by atoms with Gasteiger partial charge in [0.25, 0.3) is 5.91 Å². The highest BCUT2D eigenvalue weighted by molar-refractivity contribution is 5.96. The molecule has 0 aliphatic heterocycles. The normalized spacial score (nSPS) is 10.0. The van der Waals surface area contributed by atoms with Crippen molar-refractivity contribution in [3.63, 3.8) is 0 Å². The summed E-state index contributed by atoms with van der Waals surface area (Å²) in [6.07, 6.45) is 0. The molecular formula is C19H23N3O3. The number of hydrogen-bond donors (Lipinski definition) is 2. The zero-order valence-electron chi connectivity index (χ0n) is 14.7. The van der Waals surface area contributed by atoms with Crippen molar-refractivity contribution < 1.29 is 14.3 Å². The molecular weight excluding hydrogens is 318 g/mol. The van der Waals surface area contributed by atoms with Gasteiger partial charge < -0.3 is 20.3 Å². The van der Waals surface area contributed by atoms with Crippen molar-refractivity contribution in [2.24, 2.45) is 0 Å². The summed E-state index contributed by atoms with van der Waals surface area (Å²) in [5, 5.41) is 5.84. The van der Waals surface area contributed by atoms with Crippen molar-refractivity contribution in [3.8, 4) is 5.75 Å². The minimum absolute atomic E-state index is 0.0740. The van der Waals surface area contributed by atoms with Crippen molar-refractivity contribution in [1.29, 1.82) is 0 Å². The number of anilines is 2. The van der Waals surface area contributed by atoms with Crippen molar-refractivity contribution in [1.82, 2.24) is 4.90 Å². The zero-order valence-corrected chi connectivity index (χ0v) is 14.7. The van der Waals surface area contributed by atoms with Gasteiger partial charge in [-0.15, -0.1) is 0 Å². The van der Waals surface area contributed by atoms with Gasteiger partial charge in [0.15, 0.2) is 0 Å². The van der Waals surface area contributed by atoms with Crippen LogP contribution in [0.4, 0.5) is 11.4 Å². The molecule has 0 radical (unpaired) electrons. The molecule has 0 aliphatic rings. The van der Waals surface area contributed by atoms with E-state index in [1.54, 1.807) is 38.4 Å². The van der Waals surface area contributed by atoms with Crippen LogP contribution in [0.1, 0.15) is 17.3 Å². The Balaban J connectivity index is 1.84. The first-order valence-electron chi connectivity index (χ1n) is 8.08. The van der Waals surface area contributed by atoms with Crippen LogP contribution >= 0.6 is 0 Å². The van der Waals surface area contributed by atoms with Gasteiger partial charge in [-0.25, -0.2) is 0 Å². The Bertz CT molecular complexity index is 710. The van der Waals surface area contributed by atoms with Crippen molar-refractivity contribution >= 4 is 23.2 Å². The fourth-order valence-corrected chi connectivity index (χ4v) is 2.18. The van der Waals surface area contributed by atoms with Gasteiger partial charge in [-0.05, 0) is 55.5 Å². The molecule has 0 bridgehead atoms. The van der Waals surface area contributed by atoms with Crippen LogP contribution in [0.25, 0.3) is 0 Å². The molecule has 2 rings (SSSR count). The number of nitrogens with one attached hydrogen (secondary N) is 2. The third kappa shape index (κ3) is 5.53. The second kappa shape index (κ2) is 8.73. The van der Waals surface area contributed by atoms with Gasteiger partial charge in [0.2, 0.25) is 5.91 Å². The highest BCUT2D eigenvalue weighted by Gasteiger charge is 2.08. The Morgan fingerprint density at radius 3 is 2.12 bits per heavy atom. The fraction of sp³-hybridized carbons (Fsp3) is 0.263. The number of hydrogen-bond acceptors (Lipinski definition) is 4. The molecule has 25 heavy (non-hydrogen) atoms. The van der Waals surface area contributed by atoms with Gasteiger partial charge in [-0.1, -0.05) is 0 Å². The Morgan fingerprint density at radius 1 is 0.960 bits per heavy atom. The van der Waals surface area contributed by atoms with Gasteiger partial charge in [0.1, 0.15) is 5.75 Å². The van der Waals surface area contributed by atoms with Crippen LogP contribution < -0.4 is 15.4 Å². The third-order valence-corrected chi connectivity index (χ3v) is 3.44. The summed E-state index contributed by atoms with van der Waals surface area (Å²) in [7, 11) is 3.40. The maximum Gasteiger partial charge on any atom is 0.253 e. The van der Waals surface area contributed by atoms with E-state index in [4.69, 9.17) is 4.74 Å². The maximum atomic E-state index is 12.0. The van der Waals surface area contributed by atoms with E-state index in [-0.39, 0.29) is 18.4 Å². The smallest absolute Gasteiger partial charge is 0.253 e. The standard InChI is InChI=1S/C19H23N3O3/c1-4-25-17-11-9-15(10-12-17)20-13-18(23)21-16-7-5-14(6-8-16)19(24)22(2)3/h5-12,20H,4,13H2,1-3H3,(H,21,23). The number of carbonyl (C=O) groups is 2. The van der Waals surface area contributed by atoms with Crippen LogP contribution in [0.2, 0.25) is 0 Å². The topological polar surface area (TPSA) is 70.7 Å². The van der Waals surface area contributed by atoms with Crippen LogP contribution in [0.15, 0.2) is 48.5 Å². The number of nitrogens with zero attached hydrogens (tertiary/aromatic N) is 1. The van der Waals surface area contributed by atoms with Crippen LogP contribution in [-0.2, 0) is 4.79 Å². The summed E-state index contributed by atoms with van der Waals surface area (Å²) in [6.45, 7) is 2.69. The summed E-state index contributed by atoms with van der Waals surface area (Å²) < 4.78 is 5.37. The van der Waals surface area contributed by atoms with Crippen molar-refractivity contribution in [2.45, 2.75) is 6.92 Å². The minimum Gasteiger partial charge on any atom is -0.494 e. The molecule has 6 heteroatoms. The molecule has 2 aromatic carbocycles. The molecule has 0 heterocycles. The predicted molar refractivity (Wildman–Crippen MR) is 99.2 cm³/mol. The van der Waals surface area contributed by atoms with E-state index in [2.05, 4.69) is 10.6 Å². The molecule has 0 spiro atoms. The second-order valence-electron chi connectivity index (χ2n) is 5.64. The molecule has 0 fully saturated rings. The Hall–Kier alpha value is -3.02. The Kier molecular flexibility index (Phi) is 6.39. The van der Waals surface area contributed by atoms with E-state index in [0.29, 0.717) is 17.9 Å². The van der Waals surface area contributed by atoms with E-state index in [9.17, 15) is 9.59 Å². The molecule has 2 N–H and O–H groups in total. The van der Waals surface area contributed by atoms with E-state index in [1.807, 2.05) is 31.2 Å². The molecule has 0 saturated carbocycles.